The SMILES string of the molecule is CC[C@@H](NC(C)=O)C1=CCN(CCc2c[nH]c3ccccc23)CC1. The summed E-state index contributed by atoms with van der Waals surface area (Å²) in [5.74, 6) is 0.0597. The van der Waals surface area contributed by atoms with Crippen molar-refractivity contribution in [2.75, 3.05) is 19.6 Å². The summed E-state index contributed by atoms with van der Waals surface area (Å²) in [7, 11) is 0. The second-order valence-electron chi connectivity index (χ2n) is 6.60. The lowest BCUT2D eigenvalue weighted by molar-refractivity contribution is -0.119. The van der Waals surface area contributed by atoms with E-state index in [1.807, 2.05) is 0 Å². The van der Waals surface area contributed by atoms with Crippen LogP contribution in [0, 0.1) is 0 Å². The molecule has 1 amide bonds. The first kappa shape index (κ1) is 16.8. The quantitative estimate of drug-likeness (QED) is 0.801. The number of benzene rings is 1. The average molecular weight is 325 g/mol. The van der Waals surface area contributed by atoms with Gasteiger partial charge in [-0.25, -0.2) is 0 Å². The van der Waals surface area contributed by atoms with Crippen molar-refractivity contribution in [1.29, 1.82) is 0 Å². The molecule has 4 nitrogen and oxygen atoms in total. The highest BCUT2D eigenvalue weighted by atomic mass is 16.1. The van der Waals surface area contributed by atoms with E-state index in [0.717, 1.165) is 38.9 Å². The molecule has 1 aliphatic rings. The molecule has 0 spiro atoms. The van der Waals surface area contributed by atoms with Crippen molar-refractivity contribution in [3.63, 3.8) is 0 Å². The van der Waals surface area contributed by atoms with Crippen LogP contribution in [0.3, 0.4) is 0 Å². The molecule has 24 heavy (non-hydrogen) atoms. The van der Waals surface area contributed by atoms with Gasteiger partial charge in [-0.05, 0) is 36.5 Å². The summed E-state index contributed by atoms with van der Waals surface area (Å²) in [6.45, 7) is 6.85. The largest absolute Gasteiger partial charge is 0.361 e. The Labute approximate surface area is 143 Å². The maximum Gasteiger partial charge on any atom is 0.217 e. The van der Waals surface area contributed by atoms with Gasteiger partial charge >= 0.3 is 0 Å². The number of rotatable bonds is 6. The zero-order valence-electron chi connectivity index (χ0n) is 14.6. The number of H-pyrrole nitrogens is 1. The number of fused-ring (bicyclic) bond motifs is 1. The molecule has 0 saturated heterocycles. The lowest BCUT2D eigenvalue weighted by Crippen LogP contribution is -2.38. The molecule has 0 saturated carbocycles. The number of amides is 1. The zero-order valence-corrected chi connectivity index (χ0v) is 14.6. The Kier molecular flexibility index (Phi) is 5.36. The van der Waals surface area contributed by atoms with Crippen molar-refractivity contribution < 1.29 is 4.79 Å². The number of carbonyl (C=O) groups excluding carboxylic acids is 1. The first-order valence-corrected chi connectivity index (χ1v) is 8.90. The molecule has 0 unspecified atom stereocenters. The zero-order chi connectivity index (χ0) is 16.9. The summed E-state index contributed by atoms with van der Waals surface area (Å²) in [4.78, 5) is 17.2. The van der Waals surface area contributed by atoms with Crippen LogP contribution in [-0.2, 0) is 11.2 Å². The number of aromatic amines is 1. The van der Waals surface area contributed by atoms with Crippen LogP contribution in [0.15, 0.2) is 42.1 Å². The summed E-state index contributed by atoms with van der Waals surface area (Å²) < 4.78 is 0. The third-order valence-corrected chi connectivity index (χ3v) is 4.93. The molecule has 2 aromatic rings. The number of nitrogens with zero attached hydrogens (tertiary/aromatic N) is 1. The van der Waals surface area contributed by atoms with Gasteiger partial charge in [-0.1, -0.05) is 31.2 Å². The van der Waals surface area contributed by atoms with E-state index >= 15 is 0 Å². The minimum absolute atomic E-state index is 0.0597. The number of hydrogen-bond donors (Lipinski definition) is 2. The van der Waals surface area contributed by atoms with E-state index in [4.69, 9.17) is 0 Å². The highest BCUT2D eigenvalue weighted by Gasteiger charge is 2.18. The molecule has 2 heterocycles. The first-order chi connectivity index (χ1) is 11.7. The molecule has 0 aliphatic carbocycles. The fourth-order valence-electron chi connectivity index (χ4n) is 3.57. The molecule has 3 rings (SSSR count). The Bertz CT molecular complexity index is 731. The van der Waals surface area contributed by atoms with Crippen LogP contribution in [0.25, 0.3) is 10.9 Å². The fourth-order valence-corrected chi connectivity index (χ4v) is 3.57. The topological polar surface area (TPSA) is 48.1 Å². The lowest BCUT2D eigenvalue weighted by Gasteiger charge is -2.29. The Morgan fingerprint density at radius 3 is 2.92 bits per heavy atom. The van der Waals surface area contributed by atoms with Crippen LogP contribution < -0.4 is 5.32 Å². The molecule has 2 N–H and O–H groups in total. The highest BCUT2D eigenvalue weighted by molar-refractivity contribution is 5.83. The predicted octanol–water partition coefficient (Wildman–Crippen LogP) is 3.26. The van der Waals surface area contributed by atoms with Gasteiger partial charge in [0.25, 0.3) is 0 Å². The molecular weight excluding hydrogens is 298 g/mol. The second kappa shape index (κ2) is 7.67. The van der Waals surface area contributed by atoms with Crippen molar-refractivity contribution in [2.24, 2.45) is 0 Å². The van der Waals surface area contributed by atoms with E-state index in [9.17, 15) is 4.79 Å². The molecular formula is C20H27N3O. The molecule has 1 aromatic heterocycles. The summed E-state index contributed by atoms with van der Waals surface area (Å²) in [6.07, 6.45) is 7.52. The lowest BCUT2D eigenvalue weighted by atomic mass is 9.97. The van der Waals surface area contributed by atoms with E-state index in [-0.39, 0.29) is 11.9 Å². The molecule has 128 valence electrons. The van der Waals surface area contributed by atoms with Crippen molar-refractivity contribution in [2.45, 2.75) is 39.2 Å². The Morgan fingerprint density at radius 1 is 1.38 bits per heavy atom. The number of para-hydroxylation sites is 1. The normalized spacial score (nSPS) is 16.8. The standard InChI is InChI=1S/C20H27N3O/c1-3-19(22-15(2)24)16-8-11-23(12-9-16)13-10-17-14-21-20-7-5-4-6-18(17)20/h4-8,14,19,21H,3,9-13H2,1-2H3,(H,22,24)/t19-/m1/s1. The van der Waals surface area contributed by atoms with Gasteiger partial charge in [0.1, 0.15) is 0 Å². The van der Waals surface area contributed by atoms with Crippen LogP contribution in [0.4, 0.5) is 0 Å². The van der Waals surface area contributed by atoms with Gasteiger partial charge in [0.05, 0.1) is 0 Å². The minimum atomic E-state index is 0.0597. The van der Waals surface area contributed by atoms with Crippen LogP contribution in [0.5, 0.6) is 0 Å². The van der Waals surface area contributed by atoms with E-state index < -0.39 is 0 Å². The summed E-state index contributed by atoms with van der Waals surface area (Å²) >= 11 is 0. The van der Waals surface area contributed by atoms with Crippen LogP contribution in [-0.4, -0.2) is 41.5 Å². The predicted molar refractivity (Wildman–Crippen MR) is 99.0 cm³/mol. The van der Waals surface area contributed by atoms with Crippen molar-refractivity contribution in [3.8, 4) is 0 Å². The molecule has 0 fully saturated rings. The molecule has 1 aliphatic heterocycles. The first-order valence-electron chi connectivity index (χ1n) is 8.90. The fraction of sp³-hybridized carbons (Fsp3) is 0.450. The third kappa shape index (κ3) is 3.88. The maximum absolute atomic E-state index is 11.3. The number of nitrogens with one attached hydrogen (secondary N) is 2. The Hall–Kier alpha value is -2.07. The van der Waals surface area contributed by atoms with Gasteiger partial charge in [-0.3, -0.25) is 9.69 Å². The Morgan fingerprint density at radius 2 is 2.21 bits per heavy atom. The van der Waals surface area contributed by atoms with E-state index in [1.54, 1.807) is 6.92 Å². The number of hydrogen-bond acceptors (Lipinski definition) is 2. The average Bonchev–Trinajstić information content (AvgIpc) is 3.01. The number of aromatic nitrogens is 1. The third-order valence-electron chi connectivity index (χ3n) is 4.93. The van der Waals surface area contributed by atoms with Gasteiger partial charge < -0.3 is 10.3 Å². The van der Waals surface area contributed by atoms with Crippen molar-refractivity contribution >= 4 is 16.8 Å². The Balaban J connectivity index is 1.56. The molecule has 1 atom stereocenters. The molecule has 4 heteroatoms. The molecule has 1 aromatic carbocycles. The second-order valence-corrected chi connectivity index (χ2v) is 6.60. The summed E-state index contributed by atoms with van der Waals surface area (Å²) in [6, 6.07) is 8.69. The minimum Gasteiger partial charge on any atom is -0.361 e. The van der Waals surface area contributed by atoms with E-state index in [1.165, 1.54) is 22.0 Å². The smallest absolute Gasteiger partial charge is 0.217 e. The van der Waals surface area contributed by atoms with Crippen LogP contribution in [0.1, 0.15) is 32.3 Å². The number of carbonyl (C=O) groups is 1. The monoisotopic (exact) mass is 325 g/mol. The van der Waals surface area contributed by atoms with Gasteiger partial charge in [-0.15, -0.1) is 0 Å². The van der Waals surface area contributed by atoms with E-state index in [2.05, 4.69) is 58.7 Å². The summed E-state index contributed by atoms with van der Waals surface area (Å²) in [5.41, 5.74) is 4.00. The molecule has 0 bridgehead atoms. The highest BCUT2D eigenvalue weighted by Crippen LogP contribution is 2.20. The van der Waals surface area contributed by atoms with Crippen molar-refractivity contribution in [3.05, 3.63) is 47.7 Å². The van der Waals surface area contributed by atoms with Crippen LogP contribution >= 0.6 is 0 Å². The molecule has 0 radical (unpaired) electrons. The van der Waals surface area contributed by atoms with Crippen LogP contribution in [0.2, 0.25) is 0 Å². The van der Waals surface area contributed by atoms with E-state index in [0.29, 0.717) is 0 Å². The van der Waals surface area contributed by atoms with Gasteiger partial charge in [-0.2, -0.15) is 0 Å². The van der Waals surface area contributed by atoms with Gasteiger partial charge in [0.15, 0.2) is 0 Å². The maximum atomic E-state index is 11.3. The van der Waals surface area contributed by atoms with Gasteiger partial charge in [0, 0.05) is 49.7 Å². The van der Waals surface area contributed by atoms with Gasteiger partial charge in [0.2, 0.25) is 5.91 Å². The van der Waals surface area contributed by atoms with Crippen molar-refractivity contribution in [1.82, 2.24) is 15.2 Å². The summed E-state index contributed by atoms with van der Waals surface area (Å²) in [5, 5.41) is 4.39.